The van der Waals surface area contributed by atoms with E-state index in [0.29, 0.717) is 16.8 Å². The molecule has 0 aromatic heterocycles. The third-order valence-electron chi connectivity index (χ3n) is 3.14. The Kier molecular flexibility index (Phi) is 4.78. The van der Waals surface area contributed by atoms with Gasteiger partial charge in [-0.15, -0.1) is 0 Å². The Labute approximate surface area is 113 Å². The molecular formula is C13H19BrFOSi. The summed E-state index contributed by atoms with van der Waals surface area (Å²) in [5, 5.41) is 0.183. The van der Waals surface area contributed by atoms with Crippen molar-refractivity contribution < 1.29 is 9.13 Å². The number of benzene rings is 1. The first kappa shape index (κ1) is 14.7. The van der Waals surface area contributed by atoms with E-state index < -0.39 is 8.80 Å². The minimum Gasteiger partial charge on any atom is -0.493 e. The quantitative estimate of drug-likeness (QED) is 0.724. The maximum Gasteiger partial charge on any atom is 0.141 e. The molecule has 0 bridgehead atoms. The van der Waals surface area contributed by atoms with Crippen LogP contribution in [0.25, 0.3) is 0 Å². The summed E-state index contributed by atoms with van der Waals surface area (Å²) in [6, 6.07) is 3.30. The summed E-state index contributed by atoms with van der Waals surface area (Å²) in [6.45, 7) is 11.4. The fourth-order valence-corrected chi connectivity index (χ4v) is 1.78. The lowest BCUT2D eigenvalue weighted by atomic mass is 10.2. The molecule has 0 spiro atoms. The van der Waals surface area contributed by atoms with E-state index in [2.05, 4.69) is 42.9 Å². The Balaban J connectivity index is 2.77. The van der Waals surface area contributed by atoms with Crippen LogP contribution in [0, 0.1) is 12.7 Å². The van der Waals surface area contributed by atoms with Gasteiger partial charge in [-0.05, 0) is 39.5 Å². The molecule has 1 rings (SSSR count). The largest absolute Gasteiger partial charge is 0.493 e. The molecule has 1 aromatic carbocycles. The standard InChI is InChI=1S/C13H19BrFOSi/c1-9-6-10(7-11(15)12(9)14)16-8-13(2,3)17(4)5/h6-7H,8H2,1-5H3. The first-order valence-electron chi connectivity index (χ1n) is 5.63. The van der Waals surface area contributed by atoms with Crippen LogP contribution in [0.15, 0.2) is 16.6 Å². The second-order valence-corrected chi connectivity index (χ2v) is 9.36. The van der Waals surface area contributed by atoms with Gasteiger partial charge in [0.25, 0.3) is 0 Å². The topological polar surface area (TPSA) is 9.23 Å². The Bertz CT molecular complexity index is 381. The van der Waals surface area contributed by atoms with Crippen molar-refractivity contribution in [2.45, 2.75) is 38.9 Å². The zero-order valence-corrected chi connectivity index (χ0v) is 13.6. The fraction of sp³-hybridized carbons (Fsp3) is 0.538. The van der Waals surface area contributed by atoms with Gasteiger partial charge in [-0.1, -0.05) is 26.9 Å². The lowest BCUT2D eigenvalue weighted by Crippen LogP contribution is -2.27. The summed E-state index contributed by atoms with van der Waals surface area (Å²) in [6.07, 6.45) is 0. The monoisotopic (exact) mass is 317 g/mol. The Morgan fingerprint density at radius 2 is 1.94 bits per heavy atom. The van der Waals surface area contributed by atoms with E-state index in [4.69, 9.17) is 4.74 Å². The normalized spacial score (nSPS) is 12.0. The molecule has 0 aliphatic rings. The van der Waals surface area contributed by atoms with Crippen molar-refractivity contribution in [3.05, 3.63) is 28.0 Å². The molecule has 95 valence electrons. The fourth-order valence-electron chi connectivity index (χ4n) is 1.19. The number of ether oxygens (including phenoxy) is 1. The first-order valence-corrected chi connectivity index (χ1v) is 8.92. The van der Waals surface area contributed by atoms with Crippen LogP contribution in [-0.2, 0) is 0 Å². The molecular weight excluding hydrogens is 299 g/mol. The minimum absolute atomic E-state index is 0.183. The molecule has 1 radical (unpaired) electrons. The van der Waals surface area contributed by atoms with Crippen LogP contribution in [0.5, 0.6) is 5.75 Å². The van der Waals surface area contributed by atoms with Crippen LogP contribution in [0.2, 0.25) is 18.1 Å². The zero-order chi connectivity index (χ0) is 13.2. The van der Waals surface area contributed by atoms with E-state index in [1.807, 2.05) is 13.0 Å². The van der Waals surface area contributed by atoms with Crippen molar-refractivity contribution in [2.24, 2.45) is 0 Å². The van der Waals surface area contributed by atoms with Crippen LogP contribution < -0.4 is 4.74 Å². The molecule has 0 saturated carbocycles. The number of hydrogen-bond acceptors (Lipinski definition) is 1. The molecule has 17 heavy (non-hydrogen) atoms. The molecule has 0 aliphatic carbocycles. The summed E-state index contributed by atoms with van der Waals surface area (Å²) >= 11 is 3.20. The summed E-state index contributed by atoms with van der Waals surface area (Å²) < 4.78 is 19.7. The average Bonchev–Trinajstić information content (AvgIpc) is 2.22. The number of rotatable bonds is 4. The predicted molar refractivity (Wildman–Crippen MR) is 75.9 cm³/mol. The summed E-state index contributed by atoms with van der Waals surface area (Å²) in [5.41, 5.74) is 0.858. The highest BCUT2D eigenvalue weighted by molar-refractivity contribution is 9.10. The lowest BCUT2D eigenvalue weighted by molar-refractivity contribution is 0.275. The maximum absolute atomic E-state index is 13.5. The van der Waals surface area contributed by atoms with E-state index in [-0.39, 0.29) is 10.9 Å². The highest BCUT2D eigenvalue weighted by Crippen LogP contribution is 2.31. The SMILES string of the molecule is Cc1cc(OCC(C)(C)[Si](C)C)cc(F)c1Br. The Hall–Kier alpha value is -0.353. The van der Waals surface area contributed by atoms with E-state index in [1.165, 1.54) is 6.07 Å². The van der Waals surface area contributed by atoms with Gasteiger partial charge < -0.3 is 4.74 Å². The van der Waals surface area contributed by atoms with Gasteiger partial charge in [0.1, 0.15) is 11.6 Å². The first-order chi connectivity index (χ1) is 7.74. The highest BCUT2D eigenvalue weighted by atomic mass is 79.9. The van der Waals surface area contributed by atoms with Crippen LogP contribution in [0.3, 0.4) is 0 Å². The Morgan fingerprint density at radius 1 is 1.35 bits per heavy atom. The van der Waals surface area contributed by atoms with Gasteiger partial charge in [-0.25, -0.2) is 4.39 Å². The van der Waals surface area contributed by atoms with Gasteiger partial charge in [-0.2, -0.15) is 0 Å². The molecule has 1 aromatic rings. The van der Waals surface area contributed by atoms with Gasteiger partial charge in [0, 0.05) is 6.07 Å². The van der Waals surface area contributed by atoms with E-state index in [0.717, 1.165) is 5.56 Å². The van der Waals surface area contributed by atoms with Gasteiger partial charge in [-0.3, -0.25) is 0 Å². The zero-order valence-electron chi connectivity index (χ0n) is 11.0. The molecule has 0 unspecified atom stereocenters. The summed E-state index contributed by atoms with van der Waals surface area (Å²) in [7, 11) is -0.436. The van der Waals surface area contributed by atoms with Crippen LogP contribution in [0.4, 0.5) is 4.39 Å². The summed E-state index contributed by atoms with van der Waals surface area (Å²) in [4.78, 5) is 0. The molecule has 0 N–H and O–H groups in total. The van der Waals surface area contributed by atoms with Crippen molar-refractivity contribution >= 4 is 24.7 Å². The van der Waals surface area contributed by atoms with Crippen molar-refractivity contribution in [1.29, 1.82) is 0 Å². The molecule has 0 atom stereocenters. The van der Waals surface area contributed by atoms with Crippen LogP contribution in [0.1, 0.15) is 19.4 Å². The smallest absolute Gasteiger partial charge is 0.141 e. The second kappa shape index (κ2) is 5.53. The van der Waals surface area contributed by atoms with E-state index in [1.54, 1.807) is 0 Å². The van der Waals surface area contributed by atoms with Gasteiger partial charge in [0.05, 0.1) is 19.9 Å². The van der Waals surface area contributed by atoms with Gasteiger partial charge in [0.15, 0.2) is 0 Å². The second-order valence-electron chi connectivity index (χ2n) is 5.21. The van der Waals surface area contributed by atoms with Crippen molar-refractivity contribution in [3.63, 3.8) is 0 Å². The maximum atomic E-state index is 13.5. The molecule has 0 fully saturated rings. The molecule has 1 nitrogen and oxygen atoms in total. The van der Waals surface area contributed by atoms with Gasteiger partial charge in [0.2, 0.25) is 0 Å². The lowest BCUT2D eigenvalue weighted by Gasteiger charge is -2.28. The molecule has 0 saturated heterocycles. The highest BCUT2D eigenvalue weighted by Gasteiger charge is 2.24. The predicted octanol–water partition coefficient (Wildman–Crippen LogP) is 4.81. The number of halogens is 2. The van der Waals surface area contributed by atoms with Gasteiger partial charge >= 0.3 is 0 Å². The Morgan fingerprint density at radius 3 is 2.41 bits per heavy atom. The van der Waals surface area contributed by atoms with E-state index in [9.17, 15) is 4.39 Å². The average molecular weight is 318 g/mol. The number of hydrogen-bond donors (Lipinski definition) is 0. The van der Waals surface area contributed by atoms with Crippen molar-refractivity contribution in [2.75, 3.05) is 6.61 Å². The summed E-state index contributed by atoms with van der Waals surface area (Å²) in [5.74, 6) is 0.343. The third-order valence-corrected chi connectivity index (χ3v) is 6.99. The number of aryl methyl sites for hydroxylation is 1. The molecule has 0 amide bonds. The minimum atomic E-state index is -0.436. The van der Waals surface area contributed by atoms with Crippen molar-refractivity contribution in [3.8, 4) is 5.75 Å². The van der Waals surface area contributed by atoms with Crippen molar-refractivity contribution in [1.82, 2.24) is 0 Å². The van der Waals surface area contributed by atoms with Crippen LogP contribution >= 0.6 is 15.9 Å². The van der Waals surface area contributed by atoms with Crippen LogP contribution in [-0.4, -0.2) is 15.4 Å². The molecule has 0 aliphatic heterocycles. The molecule has 0 heterocycles. The molecule has 4 heteroatoms. The van der Waals surface area contributed by atoms with E-state index >= 15 is 0 Å². The third kappa shape index (κ3) is 3.81.